The van der Waals surface area contributed by atoms with E-state index in [4.69, 9.17) is 16.6 Å². The third-order valence-corrected chi connectivity index (χ3v) is 7.01. The monoisotopic (exact) mass is 465 g/mol. The minimum atomic E-state index is -0.101. The topological polar surface area (TPSA) is 65.1 Å². The van der Waals surface area contributed by atoms with Crippen LogP contribution in [-0.4, -0.2) is 24.1 Å². The van der Waals surface area contributed by atoms with Gasteiger partial charge in [0.15, 0.2) is 5.16 Å². The molecule has 0 aliphatic heterocycles. The summed E-state index contributed by atoms with van der Waals surface area (Å²) < 4.78 is 3.51. The first kappa shape index (κ1) is 20.0. The molecule has 6 nitrogen and oxygen atoms in total. The Morgan fingerprint density at radius 1 is 1.13 bits per heavy atom. The molecule has 0 aliphatic rings. The Morgan fingerprint density at radius 2 is 1.94 bits per heavy atom. The molecule has 0 radical (unpaired) electrons. The van der Waals surface area contributed by atoms with Crippen molar-refractivity contribution < 1.29 is 0 Å². The van der Waals surface area contributed by atoms with Crippen molar-refractivity contribution in [2.24, 2.45) is 0 Å². The maximum Gasteiger partial charge on any atom is 0.263 e. The van der Waals surface area contributed by atoms with Gasteiger partial charge in [-0.1, -0.05) is 59.8 Å². The van der Waals surface area contributed by atoms with Crippen molar-refractivity contribution in [3.05, 3.63) is 87.6 Å². The maximum absolute atomic E-state index is 12.9. The van der Waals surface area contributed by atoms with E-state index in [-0.39, 0.29) is 5.56 Å². The number of rotatable bonds is 6. The molecule has 31 heavy (non-hydrogen) atoms. The summed E-state index contributed by atoms with van der Waals surface area (Å²) in [6.07, 6.45) is 1.68. The average molecular weight is 466 g/mol. The third kappa shape index (κ3) is 3.56. The summed E-state index contributed by atoms with van der Waals surface area (Å²) in [7, 11) is 0. The highest BCUT2D eigenvalue weighted by atomic mass is 35.5. The van der Waals surface area contributed by atoms with Crippen molar-refractivity contribution >= 4 is 51.4 Å². The minimum Gasteiger partial charge on any atom is -0.272 e. The van der Waals surface area contributed by atoms with Gasteiger partial charge in [0.05, 0.1) is 21.6 Å². The van der Waals surface area contributed by atoms with Gasteiger partial charge in [-0.2, -0.15) is 0 Å². The van der Waals surface area contributed by atoms with Crippen molar-refractivity contribution in [2.75, 3.05) is 0 Å². The number of hydrogen-bond acceptors (Lipinski definition) is 6. The van der Waals surface area contributed by atoms with Crippen LogP contribution in [-0.2, 0) is 12.3 Å². The molecule has 0 saturated heterocycles. The fraction of sp³-hybridized carbons (Fsp3) is 0.0909. The smallest absolute Gasteiger partial charge is 0.263 e. The van der Waals surface area contributed by atoms with Gasteiger partial charge in [-0.25, -0.2) is 4.98 Å². The van der Waals surface area contributed by atoms with Gasteiger partial charge in [0.1, 0.15) is 5.01 Å². The molecule has 5 rings (SSSR count). The summed E-state index contributed by atoms with van der Waals surface area (Å²) in [5.41, 5.74) is 2.55. The highest BCUT2D eigenvalue weighted by molar-refractivity contribution is 7.98. The molecule has 0 bridgehead atoms. The Hall–Kier alpha value is -2.94. The van der Waals surface area contributed by atoms with Crippen molar-refractivity contribution in [1.82, 2.24) is 24.1 Å². The summed E-state index contributed by atoms with van der Waals surface area (Å²) in [5.74, 6) is 1.12. The Morgan fingerprint density at radius 3 is 2.77 bits per heavy atom. The Balaban J connectivity index is 1.52. The van der Waals surface area contributed by atoms with Crippen LogP contribution < -0.4 is 5.56 Å². The van der Waals surface area contributed by atoms with E-state index < -0.39 is 0 Å². The first-order chi connectivity index (χ1) is 15.2. The van der Waals surface area contributed by atoms with Crippen molar-refractivity contribution in [3.63, 3.8) is 0 Å². The lowest BCUT2D eigenvalue weighted by atomic mass is 10.2. The Kier molecular flexibility index (Phi) is 5.35. The molecule has 3 aromatic heterocycles. The van der Waals surface area contributed by atoms with Crippen molar-refractivity contribution in [3.8, 4) is 10.6 Å². The molecular formula is C22H16ClN5OS2. The number of fused-ring (bicyclic) bond motifs is 3. The largest absolute Gasteiger partial charge is 0.272 e. The van der Waals surface area contributed by atoms with E-state index in [1.54, 1.807) is 22.0 Å². The van der Waals surface area contributed by atoms with E-state index in [0.717, 1.165) is 21.8 Å². The second kappa shape index (κ2) is 8.30. The van der Waals surface area contributed by atoms with Gasteiger partial charge in [-0.3, -0.25) is 13.8 Å². The Bertz CT molecular complexity index is 1490. The fourth-order valence-corrected chi connectivity index (χ4v) is 5.47. The van der Waals surface area contributed by atoms with E-state index >= 15 is 0 Å². The van der Waals surface area contributed by atoms with E-state index in [2.05, 4.69) is 16.8 Å². The van der Waals surface area contributed by atoms with E-state index in [1.807, 2.05) is 58.3 Å². The van der Waals surface area contributed by atoms with Crippen LogP contribution in [0.1, 0.15) is 5.69 Å². The third-order valence-electron chi connectivity index (χ3n) is 4.80. The first-order valence-corrected chi connectivity index (χ1v) is 11.7. The number of aromatic nitrogens is 5. The van der Waals surface area contributed by atoms with E-state index in [1.165, 1.54) is 11.8 Å². The highest BCUT2D eigenvalue weighted by Crippen LogP contribution is 2.32. The predicted molar refractivity (Wildman–Crippen MR) is 127 cm³/mol. The molecule has 2 aromatic carbocycles. The summed E-state index contributed by atoms with van der Waals surface area (Å²) in [4.78, 5) is 17.6. The number of thiazole rings is 1. The van der Waals surface area contributed by atoms with Gasteiger partial charge in [0.2, 0.25) is 5.78 Å². The quantitative estimate of drug-likeness (QED) is 0.251. The number of halogens is 1. The van der Waals surface area contributed by atoms with Gasteiger partial charge in [0, 0.05) is 23.2 Å². The number of thioether (sulfide) groups is 1. The standard InChI is InChI=1S/C22H16ClN5OS2/c1-2-11-27-20(29)16-8-4-6-10-18(16)28-21(27)25-26-22(28)31-13-14-12-30-19(24-14)15-7-3-5-9-17(15)23/h2-10,12H,1,11,13H2. The zero-order valence-electron chi connectivity index (χ0n) is 16.2. The lowest BCUT2D eigenvalue weighted by Crippen LogP contribution is -2.22. The summed E-state index contributed by atoms with van der Waals surface area (Å²) >= 11 is 9.40. The van der Waals surface area contributed by atoms with Gasteiger partial charge in [0.25, 0.3) is 5.56 Å². The summed E-state index contributed by atoms with van der Waals surface area (Å²) in [6.45, 7) is 4.13. The van der Waals surface area contributed by atoms with Crippen LogP contribution in [0.4, 0.5) is 0 Å². The molecule has 0 atom stereocenters. The minimum absolute atomic E-state index is 0.101. The van der Waals surface area contributed by atoms with Crippen LogP contribution >= 0.6 is 34.7 Å². The molecule has 3 heterocycles. The lowest BCUT2D eigenvalue weighted by molar-refractivity contribution is 0.783. The Labute approximate surface area is 190 Å². The SMILES string of the molecule is C=CCn1c(=O)c2ccccc2n2c(SCc3csc(-c4ccccc4Cl)n3)nnc12. The molecule has 5 aromatic rings. The van der Waals surface area contributed by atoms with Crippen LogP contribution in [0, 0.1) is 0 Å². The molecule has 0 spiro atoms. The molecule has 9 heteroatoms. The predicted octanol–water partition coefficient (Wildman–Crippen LogP) is 5.30. The second-order valence-electron chi connectivity index (χ2n) is 6.75. The van der Waals surface area contributed by atoms with Crippen LogP contribution in [0.15, 0.2) is 76.5 Å². The van der Waals surface area contributed by atoms with Gasteiger partial charge in [-0.05, 0) is 18.2 Å². The molecule has 0 aliphatic carbocycles. The number of allylic oxidation sites excluding steroid dienone is 1. The average Bonchev–Trinajstić information content (AvgIpc) is 3.43. The van der Waals surface area contributed by atoms with Crippen LogP contribution in [0.5, 0.6) is 0 Å². The molecular weight excluding hydrogens is 450 g/mol. The van der Waals surface area contributed by atoms with Crippen LogP contribution in [0.3, 0.4) is 0 Å². The molecule has 154 valence electrons. The summed E-state index contributed by atoms with van der Waals surface area (Å²) in [5, 5.41) is 13.6. The van der Waals surface area contributed by atoms with Crippen LogP contribution in [0.25, 0.3) is 27.3 Å². The van der Waals surface area contributed by atoms with Crippen molar-refractivity contribution in [2.45, 2.75) is 17.5 Å². The number of para-hydroxylation sites is 1. The van der Waals surface area contributed by atoms with Gasteiger partial charge >= 0.3 is 0 Å². The zero-order chi connectivity index (χ0) is 21.4. The van der Waals surface area contributed by atoms with Gasteiger partial charge in [-0.15, -0.1) is 28.1 Å². The summed E-state index contributed by atoms with van der Waals surface area (Å²) in [6, 6.07) is 15.2. The first-order valence-electron chi connectivity index (χ1n) is 9.47. The second-order valence-corrected chi connectivity index (χ2v) is 8.96. The molecule has 0 fully saturated rings. The normalized spacial score (nSPS) is 11.4. The van der Waals surface area contributed by atoms with E-state index in [9.17, 15) is 4.79 Å². The molecule has 0 saturated carbocycles. The maximum atomic E-state index is 12.9. The zero-order valence-corrected chi connectivity index (χ0v) is 18.6. The van der Waals surface area contributed by atoms with Gasteiger partial charge < -0.3 is 0 Å². The molecule has 0 amide bonds. The highest BCUT2D eigenvalue weighted by Gasteiger charge is 2.17. The van der Waals surface area contributed by atoms with E-state index in [0.29, 0.717) is 33.6 Å². The fourth-order valence-electron chi connectivity index (χ4n) is 3.39. The molecule has 0 N–H and O–H groups in total. The van der Waals surface area contributed by atoms with Crippen LogP contribution in [0.2, 0.25) is 5.02 Å². The number of benzene rings is 2. The lowest BCUT2D eigenvalue weighted by Gasteiger charge is -2.09. The number of hydrogen-bond donors (Lipinski definition) is 0. The molecule has 0 unspecified atom stereocenters. The van der Waals surface area contributed by atoms with Crippen molar-refractivity contribution in [1.29, 1.82) is 0 Å². The number of nitrogens with zero attached hydrogens (tertiary/aromatic N) is 5.